The monoisotopic (exact) mass is 268 g/mol. The summed E-state index contributed by atoms with van der Waals surface area (Å²) < 4.78 is 6.17. The van der Waals surface area contributed by atoms with E-state index in [1.54, 1.807) is 0 Å². The van der Waals surface area contributed by atoms with Crippen LogP contribution < -0.4 is 5.32 Å². The zero-order valence-corrected chi connectivity index (χ0v) is 13.0. The predicted octanol–water partition coefficient (Wildman–Crippen LogP) is 2.51. The highest BCUT2D eigenvalue weighted by Gasteiger charge is 2.27. The lowest BCUT2D eigenvalue weighted by Gasteiger charge is -2.31. The second-order valence-corrected chi connectivity index (χ2v) is 6.99. The summed E-state index contributed by atoms with van der Waals surface area (Å²) in [4.78, 5) is 2.61. The van der Waals surface area contributed by atoms with Crippen LogP contribution in [0.25, 0.3) is 0 Å². The zero-order valence-electron chi connectivity index (χ0n) is 13.0. The minimum Gasteiger partial charge on any atom is -0.372 e. The molecule has 0 bridgehead atoms. The summed E-state index contributed by atoms with van der Waals surface area (Å²) in [5, 5.41) is 3.52. The number of piperidine rings is 1. The molecule has 19 heavy (non-hydrogen) atoms. The molecule has 2 rings (SSSR count). The third-order valence-electron chi connectivity index (χ3n) is 4.46. The largest absolute Gasteiger partial charge is 0.372 e. The van der Waals surface area contributed by atoms with Crippen molar-refractivity contribution in [1.29, 1.82) is 0 Å². The van der Waals surface area contributed by atoms with Gasteiger partial charge in [-0.3, -0.25) is 0 Å². The smallest absolute Gasteiger partial charge is 0.0707 e. The van der Waals surface area contributed by atoms with Gasteiger partial charge in [0.05, 0.1) is 12.2 Å². The molecule has 0 aromatic heterocycles. The molecule has 0 aromatic rings. The Kier molecular flexibility index (Phi) is 6.11. The zero-order chi connectivity index (χ0) is 13.7. The fourth-order valence-corrected chi connectivity index (χ4v) is 3.13. The fraction of sp³-hybridized carbons (Fsp3) is 1.00. The van der Waals surface area contributed by atoms with Gasteiger partial charge in [-0.25, -0.2) is 0 Å². The third-order valence-corrected chi connectivity index (χ3v) is 4.46. The van der Waals surface area contributed by atoms with E-state index in [9.17, 15) is 0 Å². The number of nitrogens with one attached hydrogen (secondary N) is 1. The molecule has 0 saturated carbocycles. The molecule has 2 unspecified atom stereocenters. The average Bonchev–Trinajstić information content (AvgIpc) is 2.79. The summed E-state index contributed by atoms with van der Waals surface area (Å²) in [5.41, 5.74) is 0. The van der Waals surface area contributed by atoms with Crippen LogP contribution in [0.15, 0.2) is 0 Å². The van der Waals surface area contributed by atoms with E-state index in [1.807, 2.05) is 0 Å². The van der Waals surface area contributed by atoms with Crippen LogP contribution >= 0.6 is 0 Å². The third kappa shape index (κ3) is 5.41. The second kappa shape index (κ2) is 7.61. The highest BCUT2D eigenvalue weighted by atomic mass is 16.5. The van der Waals surface area contributed by atoms with E-state index in [0.29, 0.717) is 12.2 Å². The summed E-state index contributed by atoms with van der Waals surface area (Å²) >= 11 is 0. The summed E-state index contributed by atoms with van der Waals surface area (Å²) in [6, 6.07) is 0. The first-order chi connectivity index (χ1) is 9.13. The highest BCUT2D eigenvalue weighted by Crippen LogP contribution is 2.22. The first-order valence-electron chi connectivity index (χ1n) is 8.22. The SMILES string of the molecule is CC(C)CNCC1CCC(CN2CCC(C)CC2)O1. The molecule has 112 valence electrons. The van der Waals surface area contributed by atoms with Gasteiger partial charge in [-0.1, -0.05) is 20.8 Å². The van der Waals surface area contributed by atoms with Crippen molar-refractivity contribution in [3.05, 3.63) is 0 Å². The number of hydrogen-bond acceptors (Lipinski definition) is 3. The van der Waals surface area contributed by atoms with Gasteiger partial charge in [0.25, 0.3) is 0 Å². The molecule has 3 heteroatoms. The lowest BCUT2D eigenvalue weighted by atomic mass is 9.99. The summed E-state index contributed by atoms with van der Waals surface area (Å²) in [6.07, 6.45) is 6.16. The molecule has 0 aromatic carbocycles. The van der Waals surface area contributed by atoms with Crippen LogP contribution in [0.4, 0.5) is 0 Å². The molecule has 2 aliphatic heterocycles. The van der Waals surface area contributed by atoms with E-state index in [2.05, 4.69) is 31.0 Å². The Bertz CT molecular complexity index is 249. The van der Waals surface area contributed by atoms with Gasteiger partial charge in [-0.05, 0) is 57.2 Å². The lowest BCUT2D eigenvalue weighted by molar-refractivity contribution is 0.0171. The average molecular weight is 268 g/mol. The van der Waals surface area contributed by atoms with E-state index in [4.69, 9.17) is 4.74 Å². The van der Waals surface area contributed by atoms with E-state index in [0.717, 1.165) is 31.5 Å². The molecule has 0 amide bonds. The first-order valence-corrected chi connectivity index (χ1v) is 8.22. The van der Waals surface area contributed by atoms with Gasteiger partial charge in [-0.15, -0.1) is 0 Å². The topological polar surface area (TPSA) is 24.5 Å². The number of ether oxygens (including phenoxy) is 1. The van der Waals surface area contributed by atoms with Gasteiger partial charge < -0.3 is 15.0 Å². The van der Waals surface area contributed by atoms with Crippen LogP contribution in [0.2, 0.25) is 0 Å². The fourth-order valence-electron chi connectivity index (χ4n) is 3.13. The van der Waals surface area contributed by atoms with Crippen molar-refractivity contribution in [1.82, 2.24) is 10.2 Å². The van der Waals surface area contributed by atoms with Crippen LogP contribution in [0.5, 0.6) is 0 Å². The Morgan fingerprint density at radius 1 is 1.11 bits per heavy atom. The number of likely N-dealkylation sites (tertiary alicyclic amines) is 1. The molecule has 0 spiro atoms. The molecule has 0 aliphatic carbocycles. The summed E-state index contributed by atoms with van der Waals surface area (Å²) in [5.74, 6) is 1.65. The Morgan fingerprint density at radius 2 is 1.79 bits per heavy atom. The summed E-state index contributed by atoms with van der Waals surface area (Å²) in [7, 11) is 0. The lowest BCUT2D eigenvalue weighted by Crippen LogP contribution is -2.39. The predicted molar refractivity (Wildman–Crippen MR) is 80.4 cm³/mol. The molecule has 1 N–H and O–H groups in total. The van der Waals surface area contributed by atoms with Crippen molar-refractivity contribution in [2.75, 3.05) is 32.7 Å². The molecule has 2 heterocycles. The Balaban J connectivity index is 1.59. The normalized spacial score (nSPS) is 30.3. The highest BCUT2D eigenvalue weighted by molar-refractivity contribution is 4.80. The minimum absolute atomic E-state index is 0.451. The van der Waals surface area contributed by atoms with Crippen molar-refractivity contribution in [2.45, 2.75) is 58.7 Å². The van der Waals surface area contributed by atoms with Crippen molar-refractivity contribution < 1.29 is 4.74 Å². The van der Waals surface area contributed by atoms with Crippen LogP contribution in [0.3, 0.4) is 0 Å². The van der Waals surface area contributed by atoms with E-state index < -0.39 is 0 Å². The van der Waals surface area contributed by atoms with E-state index in [-0.39, 0.29) is 0 Å². The first kappa shape index (κ1) is 15.3. The van der Waals surface area contributed by atoms with Crippen molar-refractivity contribution in [2.24, 2.45) is 11.8 Å². The maximum absolute atomic E-state index is 6.17. The van der Waals surface area contributed by atoms with Gasteiger partial charge in [-0.2, -0.15) is 0 Å². The van der Waals surface area contributed by atoms with Crippen molar-refractivity contribution >= 4 is 0 Å². The maximum Gasteiger partial charge on any atom is 0.0707 e. The molecular weight excluding hydrogens is 236 g/mol. The Hall–Kier alpha value is -0.120. The number of rotatable bonds is 6. The van der Waals surface area contributed by atoms with Gasteiger partial charge in [0.1, 0.15) is 0 Å². The molecule has 3 nitrogen and oxygen atoms in total. The van der Waals surface area contributed by atoms with Gasteiger partial charge >= 0.3 is 0 Å². The van der Waals surface area contributed by atoms with Gasteiger partial charge in [0.15, 0.2) is 0 Å². The van der Waals surface area contributed by atoms with E-state index >= 15 is 0 Å². The van der Waals surface area contributed by atoms with Crippen molar-refractivity contribution in [3.63, 3.8) is 0 Å². The summed E-state index contributed by atoms with van der Waals surface area (Å²) in [6.45, 7) is 12.7. The molecule has 2 atom stereocenters. The van der Waals surface area contributed by atoms with Crippen LogP contribution in [0, 0.1) is 11.8 Å². The van der Waals surface area contributed by atoms with Crippen LogP contribution in [-0.4, -0.2) is 49.8 Å². The van der Waals surface area contributed by atoms with Crippen LogP contribution in [-0.2, 0) is 4.74 Å². The number of hydrogen-bond donors (Lipinski definition) is 1. The van der Waals surface area contributed by atoms with Crippen molar-refractivity contribution in [3.8, 4) is 0 Å². The van der Waals surface area contributed by atoms with E-state index in [1.165, 1.54) is 38.8 Å². The van der Waals surface area contributed by atoms with Crippen LogP contribution in [0.1, 0.15) is 46.5 Å². The number of nitrogens with zero attached hydrogens (tertiary/aromatic N) is 1. The molecule has 0 radical (unpaired) electrons. The standard InChI is InChI=1S/C16H32N2O/c1-13(2)10-17-11-15-4-5-16(19-15)12-18-8-6-14(3)7-9-18/h13-17H,4-12H2,1-3H3. The molecule has 2 saturated heterocycles. The molecule has 2 aliphatic rings. The van der Waals surface area contributed by atoms with Gasteiger partial charge in [0, 0.05) is 13.1 Å². The molecular formula is C16H32N2O. The van der Waals surface area contributed by atoms with Gasteiger partial charge in [0.2, 0.25) is 0 Å². The Morgan fingerprint density at radius 3 is 2.47 bits per heavy atom. The Labute approximate surface area is 119 Å². The molecule has 2 fully saturated rings. The maximum atomic E-state index is 6.17. The quantitative estimate of drug-likeness (QED) is 0.801. The minimum atomic E-state index is 0.451. The second-order valence-electron chi connectivity index (χ2n) is 6.99.